The van der Waals surface area contributed by atoms with Crippen LogP contribution in [-0.4, -0.2) is 71.4 Å². The summed E-state index contributed by atoms with van der Waals surface area (Å²) >= 11 is 0. The van der Waals surface area contributed by atoms with Crippen LogP contribution in [0.15, 0.2) is 59.1 Å². The number of aliphatic hydroxyl groups is 1. The Kier molecular flexibility index (Phi) is 7.42. The molecule has 1 aliphatic rings. The van der Waals surface area contributed by atoms with E-state index in [1.165, 1.54) is 0 Å². The van der Waals surface area contributed by atoms with Crippen LogP contribution in [0.5, 0.6) is 5.75 Å². The summed E-state index contributed by atoms with van der Waals surface area (Å²) < 4.78 is 10.9. The van der Waals surface area contributed by atoms with E-state index >= 15 is 0 Å². The third-order valence-electron chi connectivity index (χ3n) is 6.11. The summed E-state index contributed by atoms with van der Waals surface area (Å²) in [6.45, 7) is 7.21. The predicted octanol–water partition coefficient (Wildman–Crippen LogP) is 3.09. The quantitative estimate of drug-likeness (QED) is 0.569. The summed E-state index contributed by atoms with van der Waals surface area (Å²) in [4.78, 5) is 16.7. The van der Waals surface area contributed by atoms with Crippen LogP contribution < -0.4 is 4.74 Å². The Hall–Kier alpha value is -3.16. The Labute approximate surface area is 194 Å². The zero-order valence-electron chi connectivity index (χ0n) is 19.2. The van der Waals surface area contributed by atoms with Gasteiger partial charge in [-0.2, -0.15) is 0 Å². The number of piperazine rings is 1. The lowest BCUT2D eigenvalue weighted by Crippen LogP contribution is -2.51. The van der Waals surface area contributed by atoms with Gasteiger partial charge < -0.3 is 19.3 Å². The molecule has 7 nitrogen and oxygen atoms in total. The van der Waals surface area contributed by atoms with Crippen LogP contribution in [0, 0.1) is 13.8 Å². The van der Waals surface area contributed by atoms with E-state index in [2.05, 4.69) is 22.2 Å². The molecular formula is C26H31N3O4. The van der Waals surface area contributed by atoms with Crippen molar-refractivity contribution in [3.05, 3.63) is 71.6 Å². The molecule has 174 valence electrons. The molecule has 2 aromatic carbocycles. The summed E-state index contributed by atoms with van der Waals surface area (Å²) in [5.41, 5.74) is 3.95. The van der Waals surface area contributed by atoms with Gasteiger partial charge in [-0.05, 0) is 37.1 Å². The van der Waals surface area contributed by atoms with Gasteiger partial charge in [0.25, 0.3) is 0 Å². The highest BCUT2D eigenvalue weighted by Gasteiger charge is 2.24. The number of hydrogen-bond donors (Lipinski definition) is 1. The molecule has 7 heteroatoms. The van der Waals surface area contributed by atoms with Crippen molar-refractivity contribution in [3.63, 3.8) is 0 Å². The first-order valence-electron chi connectivity index (χ1n) is 11.4. The Balaban J connectivity index is 1.19. The Bertz CT molecular complexity index is 1020. The number of carbonyl (C=O) groups excluding carboxylic acids is 1. The minimum Gasteiger partial charge on any atom is -0.491 e. The lowest BCUT2D eigenvalue weighted by atomic mass is 10.1. The van der Waals surface area contributed by atoms with Crippen molar-refractivity contribution < 1.29 is 19.2 Å². The number of nitrogens with zero attached hydrogens (tertiary/aromatic N) is 3. The number of rotatable bonds is 8. The second-order valence-corrected chi connectivity index (χ2v) is 8.52. The van der Waals surface area contributed by atoms with E-state index in [4.69, 9.17) is 9.26 Å². The van der Waals surface area contributed by atoms with Gasteiger partial charge in [0.2, 0.25) is 5.91 Å². The molecule has 1 aromatic heterocycles. The van der Waals surface area contributed by atoms with E-state index in [1.807, 2.05) is 61.2 Å². The molecule has 2 heterocycles. The SMILES string of the molecule is Cc1noc(C)c1CC(=O)N1CCN(CC(O)COc2ccc(-c3ccccc3)cc2)CC1. The highest BCUT2D eigenvalue weighted by atomic mass is 16.5. The van der Waals surface area contributed by atoms with E-state index in [9.17, 15) is 9.90 Å². The first kappa shape index (κ1) is 23.0. The van der Waals surface area contributed by atoms with Crippen LogP contribution in [0.3, 0.4) is 0 Å². The van der Waals surface area contributed by atoms with E-state index < -0.39 is 6.10 Å². The van der Waals surface area contributed by atoms with Gasteiger partial charge >= 0.3 is 0 Å². The zero-order valence-corrected chi connectivity index (χ0v) is 19.2. The van der Waals surface area contributed by atoms with Gasteiger partial charge in [-0.25, -0.2) is 0 Å². The molecule has 0 bridgehead atoms. The van der Waals surface area contributed by atoms with E-state index in [0.717, 1.165) is 41.2 Å². The average molecular weight is 450 g/mol. The second kappa shape index (κ2) is 10.6. The molecule has 0 radical (unpaired) electrons. The maximum absolute atomic E-state index is 12.6. The summed E-state index contributed by atoms with van der Waals surface area (Å²) in [6.07, 6.45) is -0.274. The largest absolute Gasteiger partial charge is 0.491 e. The van der Waals surface area contributed by atoms with Crippen molar-refractivity contribution >= 4 is 5.91 Å². The smallest absolute Gasteiger partial charge is 0.227 e. The normalized spacial score (nSPS) is 15.4. The number of aryl methyl sites for hydroxylation is 2. The van der Waals surface area contributed by atoms with Crippen molar-refractivity contribution in [3.8, 4) is 16.9 Å². The highest BCUT2D eigenvalue weighted by Crippen LogP contribution is 2.22. The standard InChI is InChI=1S/C26H31N3O4/c1-19-25(20(2)33-27-19)16-26(31)29-14-12-28(13-15-29)17-23(30)18-32-24-10-8-22(9-11-24)21-6-4-3-5-7-21/h3-11,23,30H,12-18H2,1-2H3. The summed E-state index contributed by atoms with van der Waals surface area (Å²) in [5.74, 6) is 1.53. The van der Waals surface area contributed by atoms with Crippen LogP contribution in [0.1, 0.15) is 17.0 Å². The molecule has 1 N–H and O–H groups in total. The Morgan fingerprint density at radius 2 is 1.70 bits per heavy atom. The predicted molar refractivity (Wildman–Crippen MR) is 126 cm³/mol. The summed E-state index contributed by atoms with van der Waals surface area (Å²) in [5, 5.41) is 14.4. The van der Waals surface area contributed by atoms with Crippen LogP contribution in [-0.2, 0) is 11.2 Å². The van der Waals surface area contributed by atoms with E-state index in [0.29, 0.717) is 31.8 Å². The molecule has 1 saturated heterocycles. The van der Waals surface area contributed by atoms with Crippen molar-refractivity contribution in [2.24, 2.45) is 0 Å². The van der Waals surface area contributed by atoms with Crippen molar-refractivity contribution in [1.29, 1.82) is 0 Å². The number of benzene rings is 2. The number of amides is 1. The number of hydrogen-bond acceptors (Lipinski definition) is 6. The third-order valence-corrected chi connectivity index (χ3v) is 6.11. The van der Waals surface area contributed by atoms with Crippen LogP contribution >= 0.6 is 0 Å². The number of aromatic nitrogens is 1. The molecule has 1 aliphatic heterocycles. The molecular weight excluding hydrogens is 418 g/mol. The van der Waals surface area contributed by atoms with E-state index in [1.54, 1.807) is 0 Å². The van der Waals surface area contributed by atoms with Crippen molar-refractivity contribution in [2.75, 3.05) is 39.3 Å². The minimum atomic E-state index is -0.594. The average Bonchev–Trinajstić information content (AvgIpc) is 3.16. The van der Waals surface area contributed by atoms with Gasteiger partial charge in [0.05, 0.1) is 12.1 Å². The highest BCUT2D eigenvalue weighted by molar-refractivity contribution is 5.79. The maximum Gasteiger partial charge on any atom is 0.227 e. The fraction of sp³-hybridized carbons (Fsp3) is 0.385. The number of aliphatic hydroxyl groups excluding tert-OH is 1. The zero-order chi connectivity index (χ0) is 23.2. The molecule has 0 aliphatic carbocycles. The minimum absolute atomic E-state index is 0.0897. The van der Waals surface area contributed by atoms with Crippen LogP contribution in [0.2, 0.25) is 0 Å². The molecule has 1 atom stereocenters. The van der Waals surface area contributed by atoms with Crippen LogP contribution in [0.4, 0.5) is 0 Å². The molecule has 33 heavy (non-hydrogen) atoms. The molecule has 1 amide bonds. The monoisotopic (exact) mass is 449 g/mol. The number of β-amino-alcohol motifs (C(OH)–C–C–N with tert-alkyl or cyclic N) is 1. The van der Waals surface area contributed by atoms with Gasteiger partial charge in [0.1, 0.15) is 24.2 Å². The van der Waals surface area contributed by atoms with Gasteiger partial charge in [-0.3, -0.25) is 9.69 Å². The fourth-order valence-corrected chi connectivity index (χ4v) is 4.11. The number of ether oxygens (including phenoxy) is 1. The molecule has 0 saturated carbocycles. The first-order chi connectivity index (χ1) is 16.0. The molecule has 1 unspecified atom stereocenters. The molecule has 0 spiro atoms. The van der Waals surface area contributed by atoms with Crippen LogP contribution in [0.25, 0.3) is 11.1 Å². The van der Waals surface area contributed by atoms with Gasteiger partial charge in [0.15, 0.2) is 0 Å². The lowest BCUT2D eigenvalue weighted by Gasteiger charge is -2.35. The van der Waals surface area contributed by atoms with Crippen molar-refractivity contribution in [1.82, 2.24) is 15.0 Å². The second-order valence-electron chi connectivity index (χ2n) is 8.52. The lowest BCUT2D eigenvalue weighted by molar-refractivity contribution is -0.132. The summed E-state index contributed by atoms with van der Waals surface area (Å²) in [6, 6.07) is 18.1. The molecule has 1 fully saturated rings. The maximum atomic E-state index is 12.6. The van der Waals surface area contributed by atoms with Gasteiger partial charge in [-0.15, -0.1) is 0 Å². The topological polar surface area (TPSA) is 79.0 Å². The van der Waals surface area contributed by atoms with E-state index in [-0.39, 0.29) is 12.5 Å². The molecule has 4 rings (SSSR count). The fourth-order valence-electron chi connectivity index (χ4n) is 4.11. The number of carbonyl (C=O) groups is 1. The van der Waals surface area contributed by atoms with Gasteiger partial charge in [-0.1, -0.05) is 47.6 Å². The van der Waals surface area contributed by atoms with Gasteiger partial charge in [0, 0.05) is 38.3 Å². The Morgan fingerprint density at radius 1 is 1.03 bits per heavy atom. The first-order valence-corrected chi connectivity index (χ1v) is 11.4. The molecule has 3 aromatic rings. The summed E-state index contributed by atoms with van der Waals surface area (Å²) in [7, 11) is 0. The third kappa shape index (κ3) is 6.00. The van der Waals surface area contributed by atoms with Crippen molar-refractivity contribution in [2.45, 2.75) is 26.4 Å². The Morgan fingerprint density at radius 3 is 2.33 bits per heavy atom.